The Labute approximate surface area is 145 Å². The second-order valence-electron chi connectivity index (χ2n) is 6.01. The zero-order valence-corrected chi connectivity index (χ0v) is 14.2. The first-order chi connectivity index (χ1) is 11.6. The van der Waals surface area contributed by atoms with Crippen LogP contribution in [0, 0.1) is 5.82 Å². The number of hydrogen-bond acceptors (Lipinski definition) is 3. The average molecular weight is 351 g/mol. The minimum atomic E-state index is -0.548. The van der Waals surface area contributed by atoms with Crippen LogP contribution in [0.25, 0.3) is 0 Å². The monoisotopic (exact) mass is 350 g/mol. The molecule has 1 fully saturated rings. The minimum absolute atomic E-state index is 0.263. The van der Waals surface area contributed by atoms with Crippen LogP contribution < -0.4 is 10.6 Å². The Bertz CT molecular complexity index is 707. The summed E-state index contributed by atoms with van der Waals surface area (Å²) in [5.74, 6) is -0.779. The van der Waals surface area contributed by atoms with Crippen molar-refractivity contribution >= 4 is 17.5 Å². The quantitative estimate of drug-likeness (QED) is 0.890. The summed E-state index contributed by atoms with van der Waals surface area (Å²) in [5.41, 5.74) is 0.600. The van der Waals surface area contributed by atoms with Gasteiger partial charge in [0.2, 0.25) is 0 Å². The van der Waals surface area contributed by atoms with Crippen molar-refractivity contribution in [1.29, 1.82) is 0 Å². The van der Waals surface area contributed by atoms with Gasteiger partial charge in [-0.3, -0.25) is 9.48 Å². The second-order valence-corrected chi connectivity index (χ2v) is 6.42. The third kappa shape index (κ3) is 3.60. The van der Waals surface area contributed by atoms with Crippen molar-refractivity contribution in [2.24, 2.45) is 0 Å². The Kier molecular flexibility index (Phi) is 5.16. The number of carbonyl (C=O) groups is 1. The Morgan fingerprint density at radius 3 is 3.04 bits per heavy atom. The number of rotatable bonds is 4. The van der Waals surface area contributed by atoms with Gasteiger partial charge in [-0.1, -0.05) is 17.7 Å². The number of piperidine rings is 1. The lowest BCUT2D eigenvalue weighted by molar-refractivity contribution is 0.0933. The van der Waals surface area contributed by atoms with E-state index in [1.54, 1.807) is 19.1 Å². The highest BCUT2D eigenvalue weighted by molar-refractivity contribution is 6.31. The van der Waals surface area contributed by atoms with Gasteiger partial charge in [-0.05, 0) is 44.5 Å². The van der Waals surface area contributed by atoms with Gasteiger partial charge in [0.25, 0.3) is 5.91 Å². The molecule has 1 saturated heterocycles. The molecule has 0 saturated carbocycles. The van der Waals surface area contributed by atoms with Gasteiger partial charge in [0.05, 0.1) is 12.1 Å². The average Bonchev–Trinajstić information content (AvgIpc) is 3.05. The number of aromatic nitrogens is 2. The number of carbonyl (C=O) groups excluding carboxylic acids is 1. The van der Waals surface area contributed by atoms with Crippen molar-refractivity contribution in [3.8, 4) is 0 Å². The summed E-state index contributed by atoms with van der Waals surface area (Å²) >= 11 is 6.04. The van der Waals surface area contributed by atoms with Crippen LogP contribution in [0.4, 0.5) is 4.39 Å². The summed E-state index contributed by atoms with van der Waals surface area (Å²) in [6, 6.07) is 5.86. The van der Waals surface area contributed by atoms with Crippen LogP contribution in [0.5, 0.6) is 0 Å². The van der Waals surface area contributed by atoms with E-state index in [9.17, 15) is 9.18 Å². The lowest BCUT2D eigenvalue weighted by Crippen LogP contribution is -2.32. The minimum Gasteiger partial charge on any atom is -0.344 e. The fourth-order valence-electron chi connectivity index (χ4n) is 2.99. The van der Waals surface area contributed by atoms with Crippen molar-refractivity contribution in [3.05, 3.63) is 52.6 Å². The van der Waals surface area contributed by atoms with Crippen LogP contribution in [0.2, 0.25) is 5.02 Å². The van der Waals surface area contributed by atoms with Gasteiger partial charge in [-0.15, -0.1) is 0 Å². The Morgan fingerprint density at radius 1 is 1.50 bits per heavy atom. The molecule has 1 aliphatic heterocycles. The molecule has 0 bridgehead atoms. The van der Waals surface area contributed by atoms with E-state index >= 15 is 0 Å². The maximum absolute atomic E-state index is 13.9. The van der Waals surface area contributed by atoms with E-state index in [4.69, 9.17) is 11.6 Å². The topological polar surface area (TPSA) is 59.0 Å². The molecule has 1 aromatic carbocycles. The van der Waals surface area contributed by atoms with Gasteiger partial charge in [0, 0.05) is 23.3 Å². The molecule has 0 spiro atoms. The van der Waals surface area contributed by atoms with E-state index in [0.29, 0.717) is 10.7 Å². The molecule has 128 valence electrons. The largest absolute Gasteiger partial charge is 0.344 e. The van der Waals surface area contributed by atoms with E-state index in [-0.39, 0.29) is 17.5 Å². The first kappa shape index (κ1) is 16.9. The molecule has 2 atom stereocenters. The summed E-state index contributed by atoms with van der Waals surface area (Å²) in [5, 5.41) is 10.7. The fraction of sp³-hybridized carbons (Fsp3) is 0.412. The van der Waals surface area contributed by atoms with Gasteiger partial charge in [0.1, 0.15) is 11.5 Å². The number of benzene rings is 1. The zero-order valence-electron chi connectivity index (χ0n) is 13.4. The van der Waals surface area contributed by atoms with E-state index < -0.39 is 11.9 Å². The maximum Gasteiger partial charge on any atom is 0.272 e. The molecule has 0 aliphatic carbocycles. The molecule has 24 heavy (non-hydrogen) atoms. The van der Waals surface area contributed by atoms with Crippen LogP contribution in [-0.2, 0) is 0 Å². The fourth-order valence-corrected chi connectivity index (χ4v) is 3.32. The SMILES string of the molecule is CC(NC(=O)c1ccn(C2CCCNC2)n1)c1c(F)cccc1Cl. The first-order valence-electron chi connectivity index (χ1n) is 8.07. The van der Waals surface area contributed by atoms with Gasteiger partial charge in [-0.25, -0.2) is 4.39 Å². The molecule has 2 aromatic rings. The standard InChI is InChI=1S/C17H20ClFN4O/c1-11(16-13(18)5-2-6-14(16)19)21-17(24)15-7-9-23(22-15)12-4-3-8-20-10-12/h2,5-7,9,11-12,20H,3-4,8,10H2,1H3,(H,21,24). The molecule has 3 rings (SSSR count). The van der Waals surface area contributed by atoms with Gasteiger partial charge >= 0.3 is 0 Å². The van der Waals surface area contributed by atoms with Gasteiger partial charge < -0.3 is 10.6 Å². The Hall–Kier alpha value is -1.92. The molecular weight excluding hydrogens is 331 g/mol. The summed E-state index contributed by atoms with van der Waals surface area (Å²) in [6.45, 7) is 3.57. The van der Waals surface area contributed by atoms with Crippen LogP contribution in [0.1, 0.15) is 47.9 Å². The number of halogens is 2. The zero-order chi connectivity index (χ0) is 17.1. The van der Waals surface area contributed by atoms with E-state index in [1.807, 2.05) is 10.9 Å². The highest BCUT2D eigenvalue weighted by atomic mass is 35.5. The van der Waals surface area contributed by atoms with Crippen LogP contribution in [0.3, 0.4) is 0 Å². The van der Waals surface area contributed by atoms with Crippen molar-refractivity contribution in [3.63, 3.8) is 0 Å². The molecule has 2 heterocycles. The molecule has 5 nitrogen and oxygen atoms in total. The van der Waals surface area contributed by atoms with Crippen molar-refractivity contribution < 1.29 is 9.18 Å². The van der Waals surface area contributed by atoms with Gasteiger partial charge in [0.15, 0.2) is 0 Å². The van der Waals surface area contributed by atoms with Crippen LogP contribution in [-0.4, -0.2) is 28.8 Å². The molecule has 1 aliphatic rings. The van der Waals surface area contributed by atoms with Crippen LogP contribution in [0.15, 0.2) is 30.5 Å². The highest BCUT2D eigenvalue weighted by Crippen LogP contribution is 2.25. The summed E-state index contributed by atoms with van der Waals surface area (Å²) in [6.07, 6.45) is 3.94. The molecule has 0 radical (unpaired) electrons. The van der Waals surface area contributed by atoms with Gasteiger partial charge in [-0.2, -0.15) is 5.10 Å². The lowest BCUT2D eigenvalue weighted by Gasteiger charge is -2.23. The highest BCUT2D eigenvalue weighted by Gasteiger charge is 2.21. The summed E-state index contributed by atoms with van der Waals surface area (Å²) < 4.78 is 15.8. The maximum atomic E-state index is 13.9. The molecule has 7 heteroatoms. The van der Waals surface area contributed by atoms with Crippen molar-refractivity contribution in [2.45, 2.75) is 31.8 Å². The number of nitrogens with one attached hydrogen (secondary N) is 2. The van der Waals surface area contributed by atoms with Crippen LogP contribution >= 0.6 is 11.6 Å². The number of amides is 1. The van der Waals surface area contributed by atoms with E-state index in [2.05, 4.69) is 15.7 Å². The molecular formula is C17H20ClFN4O. The third-order valence-electron chi connectivity index (χ3n) is 4.27. The first-order valence-corrected chi connectivity index (χ1v) is 8.44. The number of hydrogen-bond donors (Lipinski definition) is 2. The smallest absolute Gasteiger partial charge is 0.272 e. The predicted octanol–water partition coefficient (Wildman–Crippen LogP) is 3.09. The normalized spacial score (nSPS) is 19.0. The Balaban J connectivity index is 1.70. The molecule has 2 N–H and O–H groups in total. The summed E-state index contributed by atoms with van der Waals surface area (Å²) in [7, 11) is 0. The molecule has 2 unspecified atom stereocenters. The molecule has 1 amide bonds. The predicted molar refractivity (Wildman–Crippen MR) is 90.7 cm³/mol. The lowest BCUT2D eigenvalue weighted by atomic mass is 10.1. The van der Waals surface area contributed by atoms with E-state index in [1.165, 1.54) is 12.1 Å². The third-order valence-corrected chi connectivity index (χ3v) is 4.60. The number of nitrogens with zero attached hydrogens (tertiary/aromatic N) is 2. The summed E-state index contributed by atoms with van der Waals surface area (Å²) in [4.78, 5) is 12.4. The van der Waals surface area contributed by atoms with Crippen molar-refractivity contribution in [1.82, 2.24) is 20.4 Å². The Morgan fingerprint density at radius 2 is 2.33 bits per heavy atom. The van der Waals surface area contributed by atoms with Crippen molar-refractivity contribution in [2.75, 3.05) is 13.1 Å². The molecule has 1 aromatic heterocycles. The van der Waals surface area contributed by atoms with E-state index in [0.717, 1.165) is 25.9 Å². The second kappa shape index (κ2) is 7.32.